The molecule has 136 valence electrons. The highest BCUT2D eigenvalue weighted by Crippen LogP contribution is 2.23. The van der Waals surface area contributed by atoms with Gasteiger partial charge in [-0.1, -0.05) is 0 Å². The summed E-state index contributed by atoms with van der Waals surface area (Å²) in [4.78, 5) is 8.32. The van der Waals surface area contributed by atoms with Gasteiger partial charge in [-0.15, -0.1) is 11.3 Å². The van der Waals surface area contributed by atoms with Crippen LogP contribution >= 0.6 is 27.3 Å². The van der Waals surface area contributed by atoms with Crippen LogP contribution in [0.4, 0.5) is 0 Å². The molecule has 3 heterocycles. The maximum absolute atomic E-state index is 5.46. The Kier molecular flexibility index (Phi) is 6.95. The summed E-state index contributed by atoms with van der Waals surface area (Å²) in [6, 6.07) is 8.16. The summed E-state index contributed by atoms with van der Waals surface area (Å²) in [6.45, 7) is 4.13. The quantitative estimate of drug-likeness (QED) is 0.541. The minimum atomic E-state index is 0.533. The molecule has 0 bridgehead atoms. The lowest BCUT2D eigenvalue weighted by Crippen LogP contribution is -2.39. The first kappa shape index (κ1) is 18.5. The van der Waals surface area contributed by atoms with Crippen LogP contribution in [0.2, 0.25) is 0 Å². The molecule has 5 nitrogen and oxygen atoms in total. The van der Waals surface area contributed by atoms with Gasteiger partial charge in [-0.3, -0.25) is 4.99 Å². The van der Waals surface area contributed by atoms with Crippen LogP contribution in [0, 0.1) is 5.92 Å². The number of furan rings is 1. The first-order valence-electron chi connectivity index (χ1n) is 8.54. The second-order valence-electron chi connectivity index (χ2n) is 6.21. The second kappa shape index (κ2) is 9.40. The first-order chi connectivity index (χ1) is 12.2. The largest absolute Gasteiger partial charge is 0.469 e. The van der Waals surface area contributed by atoms with Gasteiger partial charge in [0.05, 0.1) is 23.2 Å². The van der Waals surface area contributed by atoms with Gasteiger partial charge in [0.15, 0.2) is 5.96 Å². The van der Waals surface area contributed by atoms with Gasteiger partial charge in [0.2, 0.25) is 0 Å². The second-order valence-corrected chi connectivity index (χ2v) is 8.76. The summed E-state index contributed by atoms with van der Waals surface area (Å²) in [6.07, 6.45) is 3.66. The van der Waals surface area contributed by atoms with Crippen LogP contribution in [0.1, 0.15) is 17.1 Å². The summed E-state index contributed by atoms with van der Waals surface area (Å²) in [7, 11) is 2.08. The lowest BCUT2D eigenvalue weighted by atomic mass is 10.1. The van der Waals surface area contributed by atoms with Crippen molar-refractivity contribution < 1.29 is 9.15 Å². The Labute approximate surface area is 161 Å². The van der Waals surface area contributed by atoms with E-state index < -0.39 is 0 Å². The number of thiophene rings is 1. The molecule has 1 aliphatic heterocycles. The van der Waals surface area contributed by atoms with Crippen molar-refractivity contribution in [2.24, 2.45) is 10.9 Å². The number of aliphatic imine (C=N–C) groups is 1. The SMILES string of the molecule is CN(Cc1ccc(Br)s1)C(=NCC1CCOC1)NCCc1ccco1. The highest BCUT2D eigenvalue weighted by molar-refractivity contribution is 9.11. The van der Waals surface area contributed by atoms with E-state index in [-0.39, 0.29) is 0 Å². The minimum absolute atomic E-state index is 0.533. The van der Waals surface area contributed by atoms with Gasteiger partial charge in [-0.2, -0.15) is 0 Å². The third kappa shape index (κ3) is 5.87. The number of hydrogen-bond acceptors (Lipinski definition) is 4. The molecule has 1 N–H and O–H groups in total. The Morgan fingerprint density at radius 2 is 2.36 bits per heavy atom. The number of nitrogens with one attached hydrogen (secondary N) is 1. The number of guanidine groups is 1. The average molecular weight is 426 g/mol. The van der Waals surface area contributed by atoms with Crippen molar-refractivity contribution in [3.8, 4) is 0 Å². The number of ether oxygens (including phenoxy) is 1. The van der Waals surface area contributed by atoms with Crippen molar-refractivity contribution in [1.29, 1.82) is 0 Å². The van der Waals surface area contributed by atoms with E-state index in [1.807, 2.05) is 12.1 Å². The number of halogens is 1. The van der Waals surface area contributed by atoms with E-state index >= 15 is 0 Å². The molecular weight excluding hydrogens is 402 g/mol. The van der Waals surface area contributed by atoms with E-state index in [4.69, 9.17) is 14.1 Å². The van der Waals surface area contributed by atoms with Crippen molar-refractivity contribution >= 4 is 33.2 Å². The van der Waals surface area contributed by atoms with E-state index in [0.29, 0.717) is 5.92 Å². The highest BCUT2D eigenvalue weighted by atomic mass is 79.9. The van der Waals surface area contributed by atoms with Gasteiger partial charge >= 0.3 is 0 Å². The van der Waals surface area contributed by atoms with Crippen LogP contribution < -0.4 is 5.32 Å². The van der Waals surface area contributed by atoms with Crippen LogP contribution in [0.3, 0.4) is 0 Å². The molecule has 0 saturated carbocycles. The van der Waals surface area contributed by atoms with Crippen LogP contribution in [-0.4, -0.2) is 44.2 Å². The van der Waals surface area contributed by atoms with Gasteiger partial charge in [0.1, 0.15) is 5.76 Å². The zero-order chi connectivity index (χ0) is 17.5. The summed E-state index contributed by atoms with van der Waals surface area (Å²) in [5, 5.41) is 3.48. The molecule has 25 heavy (non-hydrogen) atoms. The smallest absolute Gasteiger partial charge is 0.194 e. The van der Waals surface area contributed by atoms with Crippen LogP contribution in [0.25, 0.3) is 0 Å². The molecule has 2 aromatic rings. The van der Waals surface area contributed by atoms with Gasteiger partial charge in [-0.25, -0.2) is 0 Å². The predicted molar refractivity (Wildman–Crippen MR) is 105 cm³/mol. The molecule has 1 fully saturated rings. The van der Waals surface area contributed by atoms with E-state index in [0.717, 1.165) is 61.2 Å². The summed E-state index contributed by atoms with van der Waals surface area (Å²) in [5.41, 5.74) is 0. The van der Waals surface area contributed by atoms with Gasteiger partial charge in [0.25, 0.3) is 0 Å². The molecule has 0 aromatic carbocycles. The predicted octanol–water partition coefficient (Wildman–Crippen LogP) is 3.76. The molecule has 2 aromatic heterocycles. The Balaban J connectivity index is 1.58. The molecule has 1 aliphatic rings. The standard InChI is InChI=1S/C18H24BrN3O2S/c1-22(12-16-4-5-17(19)25-16)18(21-11-14-7-10-23-13-14)20-8-6-15-3-2-9-24-15/h2-5,9,14H,6-8,10-13H2,1H3,(H,20,21). The maximum atomic E-state index is 5.46. The zero-order valence-electron chi connectivity index (χ0n) is 14.4. The molecule has 0 radical (unpaired) electrons. The van der Waals surface area contributed by atoms with Gasteiger partial charge in [0, 0.05) is 44.0 Å². The topological polar surface area (TPSA) is 50.0 Å². The van der Waals surface area contributed by atoms with Gasteiger partial charge in [-0.05, 0) is 46.6 Å². The van der Waals surface area contributed by atoms with Crippen molar-refractivity contribution in [2.45, 2.75) is 19.4 Å². The van der Waals surface area contributed by atoms with Crippen molar-refractivity contribution in [3.63, 3.8) is 0 Å². The number of rotatable bonds is 7. The average Bonchev–Trinajstić information content (AvgIpc) is 3.34. The molecule has 0 spiro atoms. The monoisotopic (exact) mass is 425 g/mol. The fraction of sp³-hybridized carbons (Fsp3) is 0.500. The molecule has 0 amide bonds. The third-order valence-electron chi connectivity index (χ3n) is 4.14. The van der Waals surface area contributed by atoms with Gasteiger partial charge < -0.3 is 19.4 Å². The fourth-order valence-corrected chi connectivity index (χ4v) is 4.29. The highest BCUT2D eigenvalue weighted by Gasteiger charge is 2.16. The third-order valence-corrected chi connectivity index (χ3v) is 5.75. The van der Waals surface area contributed by atoms with Crippen molar-refractivity contribution in [2.75, 3.05) is 33.4 Å². The molecule has 1 saturated heterocycles. The summed E-state index contributed by atoms with van der Waals surface area (Å²) >= 11 is 5.28. The Morgan fingerprint density at radius 3 is 3.04 bits per heavy atom. The molecule has 0 aliphatic carbocycles. The van der Waals surface area contributed by atoms with Crippen molar-refractivity contribution in [3.05, 3.63) is 45.0 Å². The normalized spacial score (nSPS) is 17.8. The molecule has 7 heteroatoms. The Morgan fingerprint density at radius 1 is 1.44 bits per heavy atom. The van der Waals surface area contributed by atoms with E-state index in [1.54, 1.807) is 17.6 Å². The minimum Gasteiger partial charge on any atom is -0.469 e. The van der Waals surface area contributed by atoms with E-state index in [9.17, 15) is 0 Å². The van der Waals surface area contributed by atoms with Crippen molar-refractivity contribution in [1.82, 2.24) is 10.2 Å². The fourth-order valence-electron chi connectivity index (χ4n) is 2.75. The summed E-state index contributed by atoms with van der Waals surface area (Å²) < 4.78 is 12.0. The maximum Gasteiger partial charge on any atom is 0.194 e. The van der Waals surface area contributed by atoms with E-state index in [1.165, 1.54) is 4.88 Å². The number of hydrogen-bond donors (Lipinski definition) is 1. The Bertz CT molecular complexity index is 666. The zero-order valence-corrected chi connectivity index (χ0v) is 16.8. The number of nitrogens with zero attached hydrogens (tertiary/aromatic N) is 2. The van der Waals surface area contributed by atoms with Crippen LogP contribution in [0.5, 0.6) is 0 Å². The first-order valence-corrected chi connectivity index (χ1v) is 10.2. The lowest BCUT2D eigenvalue weighted by molar-refractivity contribution is 0.187. The molecular formula is C18H24BrN3O2S. The lowest BCUT2D eigenvalue weighted by Gasteiger charge is -2.22. The summed E-state index contributed by atoms with van der Waals surface area (Å²) in [5.74, 6) is 2.45. The van der Waals surface area contributed by atoms with Crippen LogP contribution in [0.15, 0.2) is 43.7 Å². The molecule has 3 rings (SSSR count). The molecule has 1 unspecified atom stereocenters. The Hall–Kier alpha value is -1.31. The van der Waals surface area contributed by atoms with E-state index in [2.05, 4.69) is 45.3 Å². The molecule has 1 atom stereocenters. The van der Waals surface area contributed by atoms with Crippen LogP contribution in [-0.2, 0) is 17.7 Å².